The lowest BCUT2D eigenvalue weighted by atomic mass is 10.1. The van der Waals surface area contributed by atoms with Crippen molar-refractivity contribution in [3.63, 3.8) is 0 Å². The summed E-state index contributed by atoms with van der Waals surface area (Å²) < 4.78 is 32.4. The Balaban J connectivity index is 1.96. The van der Waals surface area contributed by atoms with Crippen LogP contribution in [0.3, 0.4) is 0 Å². The molecule has 0 aliphatic heterocycles. The standard InChI is InChI=1S/C19H20ClN3O4S/c1-2-18-22-16-10-14(19(21)24)15(20)11-17(16)23(18)13-7-5-12(6-8-13)4-3-9-28(25,26)27/h5-8,10-11H,2-4,9H2,1H3,(H2,21,24)(H,25,26,27). The van der Waals surface area contributed by atoms with Crippen LogP contribution in [-0.4, -0.2) is 34.2 Å². The minimum Gasteiger partial charge on any atom is -0.366 e. The van der Waals surface area contributed by atoms with Gasteiger partial charge in [0.25, 0.3) is 10.1 Å². The molecule has 0 spiro atoms. The molecule has 1 aromatic heterocycles. The first-order chi connectivity index (χ1) is 13.2. The van der Waals surface area contributed by atoms with E-state index in [1.54, 1.807) is 12.1 Å². The van der Waals surface area contributed by atoms with E-state index < -0.39 is 16.0 Å². The minimum atomic E-state index is -3.94. The number of nitrogens with zero attached hydrogens (tertiary/aromatic N) is 2. The van der Waals surface area contributed by atoms with Crippen LogP contribution in [0.4, 0.5) is 0 Å². The van der Waals surface area contributed by atoms with Crippen LogP contribution >= 0.6 is 11.6 Å². The van der Waals surface area contributed by atoms with Gasteiger partial charge in [-0.05, 0) is 42.7 Å². The highest BCUT2D eigenvalue weighted by molar-refractivity contribution is 7.85. The highest BCUT2D eigenvalue weighted by atomic mass is 35.5. The van der Waals surface area contributed by atoms with Crippen LogP contribution in [0.2, 0.25) is 5.02 Å². The van der Waals surface area contributed by atoms with E-state index in [0.29, 0.717) is 24.8 Å². The van der Waals surface area contributed by atoms with E-state index in [1.165, 1.54) is 0 Å². The fourth-order valence-corrected chi connectivity index (χ4v) is 3.89. The molecule has 0 saturated carbocycles. The molecule has 1 amide bonds. The fourth-order valence-electron chi connectivity index (χ4n) is 3.13. The largest absolute Gasteiger partial charge is 0.366 e. The molecule has 2 aromatic carbocycles. The van der Waals surface area contributed by atoms with Gasteiger partial charge in [-0.2, -0.15) is 8.42 Å². The van der Waals surface area contributed by atoms with Gasteiger partial charge in [0.1, 0.15) is 5.82 Å². The normalized spacial score (nSPS) is 11.8. The number of primary amides is 1. The smallest absolute Gasteiger partial charge is 0.264 e. The minimum absolute atomic E-state index is 0.232. The number of benzene rings is 2. The molecule has 0 radical (unpaired) electrons. The summed E-state index contributed by atoms with van der Waals surface area (Å²) in [5, 5.41) is 0.269. The molecule has 3 aromatic rings. The van der Waals surface area contributed by atoms with Gasteiger partial charge in [-0.25, -0.2) is 4.98 Å². The predicted octanol–water partition coefficient (Wildman–Crippen LogP) is 3.16. The maximum absolute atomic E-state index is 11.5. The van der Waals surface area contributed by atoms with Gasteiger partial charge in [0, 0.05) is 12.1 Å². The van der Waals surface area contributed by atoms with E-state index >= 15 is 0 Å². The van der Waals surface area contributed by atoms with Gasteiger partial charge in [0.15, 0.2) is 0 Å². The second kappa shape index (κ2) is 7.90. The average molecular weight is 422 g/mol. The van der Waals surface area contributed by atoms with E-state index in [2.05, 4.69) is 4.98 Å². The molecule has 0 bridgehead atoms. The summed E-state index contributed by atoms with van der Waals surface area (Å²) in [6.45, 7) is 1.98. The zero-order chi connectivity index (χ0) is 20.5. The number of halogens is 1. The van der Waals surface area contributed by atoms with Gasteiger partial charge in [0.05, 0.1) is 27.4 Å². The Kier molecular flexibility index (Phi) is 5.74. The van der Waals surface area contributed by atoms with Crippen LogP contribution in [0, 0.1) is 0 Å². The summed E-state index contributed by atoms with van der Waals surface area (Å²) in [6, 6.07) is 10.9. The number of hydrogen-bond acceptors (Lipinski definition) is 4. The van der Waals surface area contributed by atoms with Crippen LogP contribution in [0.25, 0.3) is 16.7 Å². The van der Waals surface area contributed by atoms with Crippen molar-refractivity contribution in [2.24, 2.45) is 5.73 Å². The average Bonchev–Trinajstić information content (AvgIpc) is 2.98. The third-order valence-electron chi connectivity index (χ3n) is 4.46. The van der Waals surface area contributed by atoms with E-state index in [1.807, 2.05) is 35.8 Å². The van der Waals surface area contributed by atoms with E-state index in [0.717, 1.165) is 22.6 Å². The zero-order valence-electron chi connectivity index (χ0n) is 15.2. The van der Waals surface area contributed by atoms with Crippen molar-refractivity contribution in [2.75, 3.05) is 5.75 Å². The third kappa shape index (κ3) is 4.35. The van der Waals surface area contributed by atoms with Crippen molar-refractivity contribution in [1.82, 2.24) is 9.55 Å². The second-order valence-electron chi connectivity index (χ2n) is 6.46. The van der Waals surface area contributed by atoms with Crippen LogP contribution in [-0.2, 0) is 23.0 Å². The number of carbonyl (C=O) groups excluding carboxylic acids is 1. The van der Waals surface area contributed by atoms with Crippen LogP contribution in [0.1, 0.15) is 35.1 Å². The van der Waals surface area contributed by atoms with Crippen molar-refractivity contribution in [3.05, 3.63) is 58.4 Å². The quantitative estimate of drug-likeness (QED) is 0.568. The molecule has 0 atom stereocenters. The lowest BCUT2D eigenvalue weighted by Crippen LogP contribution is -2.11. The molecule has 148 valence electrons. The Morgan fingerprint density at radius 2 is 1.93 bits per heavy atom. The number of carbonyl (C=O) groups is 1. The summed E-state index contributed by atoms with van der Waals surface area (Å²) in [4.78, 5) is 16.1. The number of aryl methyl sites for hydroxylation is 2. The molecule has 9 heteroatoms. The Morgan fingerprint density at radius 1 is 1.25 bits per heavy atom. The third-order valence-corrected chi connectivity index (χ3v) is 5.57. The summed E-state index contributed by atoms with van der Waals surface area (Å²) in [5.74, 6) is -0.0535. The number of aromatic nitrogens is 2. The number of amides is 1. The van der Waals surface area contributed by atoms with Gasteiger partial charge < -0.3 is 5.73 Å². The van der Waals surface area contributed by atoms with Crippen molar-refractivity contribution in [3.8, 4) is 5.69 Å². The van der Waals surface area contributed by atoms with E-state index in [-0.39, 0.29) is 16.3 Å². The number of rotatable bonds is 7. The zero-order valence-corrected chi connectivity index (χ0v) is 16.8. The molecule has 0 unspecified atom stereocenters. The lowest BCUT2D eigenvalue weighted by molar-refractivity contribution is 0.100. The van der Waals surface area contributed by atoms with E-state index in [9.17, 15) is 13.2 Å². The molecule has 1 heterocycles. The van der Waals surface area contributed by atoms with Gasteiger partial charge in [-0.1, -0.05) is 30.7 Å². The highest BCUT2D eigenvalue weighted by Gasteiger charge is 2.16. The maximum atomic E-state index is 11.5. The molecule has 28 heavy (non-hydrogen) atoms. The predicted molar refractivity (Wildman–Crippen MR) is 109 cm³/mol. The second-order valence-corrected chi connectivity index (χ2v) is 8.44. The Labute approximate surface area is 167 Å². The molecule has 0 aliphatic rings. The topological polar surface area (TPSA) is 115 Å². The van der Waals surface area contributed by atoms with Crippen molar-refractivity contribution in [2.45, 2.75) is 26.2 Å². The Morgan fingerprint density at radius 3 is 2.50 bits per heavy atom. The number of hydrogen-bond donors (Lipinski definition) is 2. The molecule has 0 aliphatic carbocycles. The Bertz CT molecular complexity index is 1140. The summed E-state index contributed by atoms with van der Waals surface area (Å²) in [6.07, 6.45) is 1.56. The molecular weight excluding hydrogens is 402 g/mol. The van der Waals surface area contributed by atoms with E-state index in [4.69, 9.17) is 21.9 Å². The van der Waals surface area contributed by atoms with Gasteiger partial charge in [0.2, 0.25) is 5.91 Å². The van der Waals surface area contributed by atoms with Crippen LogP contribution in [0.15, 0.2) is 36.4 Å². The molecule has 3 N–H and O–H groups in total. The summed E-state index contributed by atoms with van der Waals surface area (Å²) >= 11 is 6.22. The molecule has 7 nitrogen and oxygen atoms in total. The van der Waals surface area contributed by atoms with Crippen molar-refractivity contribution < 1.29 is 17.8 Å². The summed E-state index contributed by atoms with van der Waals surface area (Å²) in [5.41, 5.74) is 8.84. The number of fused-ring (bicyclic) bond motifs is 1. The molecular formula is C19H20ClN3O4S. The lowest BCUT2D eigenvalue weighted by Gasteiger charge is -2.10. The fraction of sp³-hybridized carbons (Fsp3) is 0.263. The number of nitrogens with two attached hydrogens (primary N) is 1. The van der Waals surface area contributed by atoms with Crippen LogP contribution < -0.4 is 5.73 Å². The Hall–Kier alpha value is -2.42. The molecule has 3 rings (SSSR count). The van der Waals surface area contributed by atoms with Crippen molar-refractivity contribution in [1.29, 1.82) is 0 Å². The molecule has 0 saturated heterocycles. The monoisotopic (exact) mass is 421 g/mol. The first-order valence-electron chi connectivity index (χ1n) is 8.74. The first-order valence-corrected chi connectivity index (χ1v) is 10.7. The maximum Gasteiger partial charge on any atom is 0.264 e. The number of imidazole rings is 1. The van der Waals surface area contributed by atoms with Gasteiger partial charge in [-0.15, -0.1) is 0 Å². The SMILES string of the molecule is CCc1nc2cc(C(N)=O)c(Cl)cc2n1-c1ccc(CCCS(=O)(=O)O)cc1. The van der Waals surface area contributed by atoms with Crippen LogP contribution in [0.5, 0.6) is 0 Å². The summed E-state index contributed by atoms with van der Waals surface area (Å²) in [7, 11) is -3.94. The highest BCUT2D eigenvalue weighted by Crippen LogP contribution is 2.28. The first kappa shape index (κ1) is 20.3. The van der Waals surface area contributed by atoms with Crippen molar-refractivity contribution >= 4 is 38.7 Å². The van der Waals surface area contributed by atoms with Gasteiger partial charge >= 0.3 is 0 Å². The molecule has 0 fully saturated rings. The van der Waals surface area contributed by atoms with Gasteiger partial charge in [-0.3, -0.25) is 13.9 Å².